The van der Waals surface area contributed by atoms with Crippen molar-refractivity contribution >= 4 is 0 Å². The van der Waals surface area contributed by atoms with Crippen LogP contribution in [0.15, 0.2) is 0 Å². The molecule has 4 nitrogen and oxygen atoms in total. The number of hydrogen-bond acceptors (Lipinski definition) is 4. The van der Waals surface area contributed by atoms with Gasteiger partial charge in [-0.25, -0.2) is 0 Å². The van der Waals surface area contributed by atoms with Crippen LogP contribution >= 0.6 is 0 Å². The van der Waals surface area contributed by atoms with Crippen LogP contribution in [0.1, 0.15) is 38.5 Å². The summed E-state index contributed by atoms with van der Waals surface area (Å²) in [6.07, 6.45) is 7.07. The standard InChI is InChI=1S/C16H28N4/c1-19-8-6-13(10-19)11-20(2)15-5-7-16(9-15,12-17)18-14-3-4-14/h13-15,18H,3-11H2,1-2H3. The minimum Gasteiger partial charge on any atom is -0.306 e. The number of rotatable bonds is 5. The van der Waals surface area contributed by atoms with Crippen molar-refractivity contribution in [2.75, 3.05) is 33.7 Å². The first-order valence-electron chi connectivity index (χ1n) is 8.18. The molecule has 1 saturated heterocycles. The molecule has 0 aromatic heterocycles. The van der Waals surface area contributed by atoms with Gasteiger partial charge >= 0.3 is 0 Å². The van der Waals surface area contributed by atoms with Gasteiger partial charge in [-0.1, -0.05) is 0 Å². The molecule has 4 heteroatoms. The Morgan fingerprint density at radius 3 is 2.75 bits per heavy atom. The third kappa shape index (κ3) is 3.16. The maximum Gasteiger partial charge on any atom is 0.108 e. The fourth-order valence-corrected chi connectivity index (χ4v) is 4.01. The van der Waals surface area contributed by atoms with Crippen LogP contribution in [0.4, 0.5) is 0 Å². The van der Waals surface area contributed by atoms with Crippen molar-refractivity contribution in [3.63, 3.8) is 0 Å². The summed E-state index contributed by atoms with van der Waals surface area (Å²) in [5.41, 5.74) is -0.230. The van der Waals surface area contributed by atoms with Crippen molar-refractivity contribution in [3.8, 4) is 6.07 Å². The number of nitrogens with one attached hydrogen (secondary N) is 1. The lowest BCUT2D eigenvalue weighted by atomic mass is 9.99. The summed E-state index contributed by atoms with van der Waals surface area (Å²) in [7, 11) is 4.48. The van der Waals surface area contributed by atoms with Crippen LogP contribution in [0.5, 0.6) is 0 Å². The summed E-state index contributed by atoms with van der Waals surface area (Å²) in [6.45, 7) is 3.68. The first-order valence-corrected chi connectivity index (χ1v) is 8.18. The smallest absolute Gasteiger partial charge is 0.108 e. The molecule has 1 aliphatic heterocycles. The van der Waals surface area contributed by atoms with E-state index in [1.165, 1.54) is 45.3 Å². The molecule has 3 fully saturated rings. The highest BCUT2D eigenvalue weighted by atomic mass is 15.2. The zero-order valence-corrected chi connectivity index (χ0v) is 12.9. The van der Waals surface area contributed by atoms with Crippen LogP contribution in [0.3, 0.4) is 0 Å². The SMILES string of the molecule is CN1CCC(CN(C)C2CCC(C#N)(NC3CC3)C2)C1. The molecular weight excluding hydrogens is 248 g/mol. The normalized spacial score (nSPS) is 38.5. The predicted molar refractivity (Wildman–Crippen MR) is 80.4 cm³/mol. The van der Waals surface area contributed by atoms with E-state index in [1.54, 1.807) is 0 Å². The van der Waals surface area contributed by atoms with Crippen molar-refractivity contribution < 1.29 is 0 Å². The van der Waals surface area contributed by atoms with Crippen LogP contribution < -0.4 is 5.32 Å². The van der Waals surface area contributed by atoms with E-state index in [-0.39, 0.29) is 5.54 Å². The Hall–Kier alpha value is -0.630. The Labute approximate surface area is 123 Å². The molecule has 3 rings (SSSR count). The fourth-order valence-electron chi connectivity index (χ4n) is 4.01. The van der Waals surface area contributed by atoms with E-state index in [2.05, 4.69) is 35.3 Å². The van der Waals surface area contributed by atoms with E-state index in [4.69, 9.17) is 0 Å². The molecule has 0 aromatic carbocycles. The molecule has 2 aliphatic carbocycles. The maximum atomic E-state index is 9.57. The van der Waals surface area contributed by atoms with Gasteiger partial charge in [0.05, 0.1) is 6.07 Å². The molecule has 3 aliphatic rings. The molecular formula is C16H28N4. The predicted octanol–water partition coefficient (Wildman–Crippen LogP) is 1.44. The highest BCUT2D eigenvalue weighted by Crippen LogP contribution is 2.36. The molecule has 0 bridgehead atoms. The fraction of sp³-hybridized carbons (Fsp3) is 0.938. The van der Waals surface area contributed by atoms with Crippen LogP contribution in [-0.4, -0.2) is 61.2 Å². The third-order valence-corrected chi connectivity index (χ3v) is 5.42. The number of likely N-dealkylation sites (tertiary alicyclic amines) is 1. The minimum absolute atomic E-state index is 0.230. The summed E-state index contributed by atoms with van der Waals surface area (Å²) >= 11 is 0. The average molecular weight is 276 g/mol. The largest absolute Gasteiger partial charge is 0.306 e. The summed E-state index contributed by atoms with van der Waals surface area (Å²) in [5, 5.41) is 13.2. The second-order valence-corrected chi connectivity index (χ2v) is 7.37. The molecule has 1 N–H and O–H groups in total. The second kappa shape index (κ2) is 5.63. The van der Waals surface area contributed by atoms with E-state index in [9.17, 15) is 5.26 Å². The van der Waals surface area contributed by atoms with E-state index < -0.39 is 0 Å². The topological polar surface area (TPSA) is 42.3 Å². The van der Waals surface area contributed by atoms with Gasteiger partial charge in [0.2, 0.25) is 0 Å². The van der Waals surface area contributed by atoms with Gasteiger partial charge in [-0.05, 0) is 65.1 Å². The Morgan fingerprint density at radius 2 is 2.15 bits per heavy atom. The zero-order valence-electron chi connectivity index (χ0n) is 12.9. The molecule has 0 amide bonds. The van der Waals surface area contributed by atoms with Crippen molar-refractivity contribution in [3.05, 3.63) is 0 Å². The molecule has 2 saturated carbocycles. The van der Waals surface area contributed by atoms with Crippen LogP contribution in [-0.2, 0) is 0 Å². The lowest BCUT2D eigenvalue weighted by Gasteiger charge is -2.29. The Morgan fingerprint density at radius 1 is 1.35 bits per heavy atom. The van der Waals surface area contributed by atoms with Crippen molar-refractivity contribution in [1.82, 2.24) is 15.1 Å². The molecule has 0 spiro atoms. The molecule has 20 heavy (non-hydrogen) atoms. The third-order valence-electron chi connectivity index (χ3n) is 5.42. The number of nitriles is 1. The second-order valence-electron chi connectivity index (χ2n) is 7.37. The van der Waals surface area contributed by atoms with Gasteiger partial charge in [-0.3, -0.25) is 5.32 Å². The first-order chi connectivity index (χ1) is 9.60. The minimum atomic E-state index is -0.230. The van der Waals surface area contributed by atoms with Gasteiger partial charge in [-0.15, -0.1) is 0 Å². The lowest BCUT2D eigenvalue weighted by molar-refractivity contribution is 0.202. The molecule has 3 atom stereocenters. The van der Waals surface area contributed by atoms with E-state index in [0.29, 0.717) is 12.1 Å². The lowest BCUT2D eigenvalue weighted by Crippen LogP contribution is -2.45. The average Bonchev–Trinajstić information content (AvgIpc) is 2.97. The zero-order chi connectivity index (χ0) is 14.2. The van der Waals surface area contributed by atoms with Crippen molar-refractivity contribution in [2.24, 2.45) is 5.92 Å². The van der Waals surface area contributed by atoms with Gasteiger partial charge in [-0.2, -0.15) is 5.26 Å². The van der Waals surface area contributed by atoms with E-state index >= 15 is 0 Å². The molecule has 112 valence electrons. The van der Waals surface area contributed by atoms with Crippen LogP contribution in [0, 0.1) is 17.2 Å². The molecule has 1 heterocycles. The molecule has 0 aromatic rings. The van der Waals surface area contributed by atoms with Gasteiger partial charge in [0.1, 0.15) is 5.54 Å². The summed E-state index contributed by atoms with van der Waals surface area (Å²) < 4.78 is 0. The highest BCUT2D eigenvalue weighted by Gasteiger charge is 2.44. The first kappa shape index (κ1) is 14.3. The molecule has 3 unspecified atom stereocenters. The summed E-state index contributed by atoms with van der Waals surface area (Å²) in [5.74, 6) is 0.818. The quantitative estimate of drug-likeness (QED) is 0.825. The Balaban J connectivity index is 1.51. The van der Waals surface area contributed by atoms with Gasteiger partial charge < -0.3 is 9.80 Å². The Kier molecular flexibility index (Phi) is 4.03. The molecule has 0 radical (unpaired) electrons. The number of hydrogen-bond donors (Lipinski definition) is 1. The Bertz CT molecular complexity index is 386. The van der Waals surface area contributed by atoms with Gasteiger partial charge in [0, 0.05) is 25.2 Å². The van der Waals surface area contributed by atoms with Gasteiger partial charge in [0.25, 0.3) is 0 Å². The maximum absolute atomic E-state index is 9.57. The number of nitrogens with zero attached hydrogens (tertiary/aromatic N) is 3. The van der Waals surface area contributed by atoms with Crippen LogP contribution in [0.25, 0.3) is 0 Å². The monoisotopic (exact) mass is 276 g/mol. The van der Waals surface area contributed by atoms with Gasteiger partial charge in [0.15, 0.2) is 0 Å². The van der Waals surface area contributed by atoms with Crippen LogP contribution in [0.2, 0.25) is 0 Å². The van der Waals surface area contributed by atoms with Crippen molar-refractivity contribution in [1.29, 1.82) is 5.26 Å². The van der Waals surface area contributed by atoms with E-state index in [1.807, 2.05) is 0 Å². The van der Waals surface area contributed by atoms with E-state index in [0.717, 1.165) is 18.8 Å². The summed E-state index contributed by atoms with van der Waals surface area (Å²) in [4.78, 5) is 4.96. The summed E-state index contributed by atoms with van der Waals surface area (Å²) in [6, 6.07) is 3.80. The van der Waals surface area contributed by atoms with Crippen molar-refractivity contribution in [2.45, 2.75) is 56.1 Å². The highest BCUT2D eigenvalue weighted by molar-refractivity contribution is 5.15.